The van der Waals surface area contributed by atoms with Gasteiger partial charge in [-0.3, -0.25) is 9.59 Å². The van der Waals surface area contributed by atoms with E-state index >= 15 is 0 Å². The van der Waals surface area contributed by atoms with Crippen LogP contribution >= 0.6 is 27.3 Å². The van der Waals surface area contributed by atoms with Gasteiger partial charge in [0.2, 0.25) is 0 Å². The van der Waals surface area contributed by atoms with Crippen LogP contribution in [-0.2, 0) is 9.53 Å². The quantitative estimate of drug-likeness (QED) is 0.594. The van der Waals surface area contributed by atoms with E-state index < -0.39 is 5.97 Å². The fraction of sp³-hybridized carbons (Fsp3) is 0.333. The summed E-state index contributed by atoms with van der Waals surface area (Å²) in [7, 11) is 0. The summed E-state index contributed by atoms with van der Waals surface area (Å²) >= 11 is 4.63. The number of nitrogens with zero attached hydrogens (tertiary/aromatic N) is 1. The van der Waals surface area contributed by atoms with Crippen molar-refractivity contribution < 1.29 is 14.3 Å². The highest BCUT2D eigenvalue weighted by molar-refractivity contribution is 9.10. The Bertz CT molecular complexity index is 444. The third kappa shape index (κ3) is 3.96. The van der Waals surface area contributed by atoms with Gasteiger partial charge in [0.1, 0.15) is 11.4 Å². The number of amides is 1. The fourth-order valence-electron chi connectivity index (χ4n) is 1.33. The van der Waals surface area contributed by atoms with Crippen LogP contribution in [0.15, 0.2) is 28.6 Å². The zero-order chi connectivity index (χ0) is 13.5. The Hall–Kier alpha value is -1.14. The lowest BCUT2D eigenvalue weighted by atomic mass is 10.3. The molecule has 6 heteroatoms. The molecule has 1 heterocycles. The van der Waals surface area contributed by atoms with Crippen LogP contribution in [0.25, 0.3) is 0 Å². The molecule has 0 atom stereocenters. The summed E-state index contributed by atoms with van der Waals surface area (Å²) in [6, 6.07) is 1.80. The monoisotopic (exact) mass is 331 g/mol. The normalized spacial score (nSPS) is 9.89. The molecule has 4 nitrogen and oxygen atoms in total. The SMILES string of the molecule is C=CCN(CC(=O)OCC)C(=O)c1sccc1Br. The van der Waals surface area contributed by atoms with E-state index in [1.807, 2.05) is 5.38 Å². The Labute approximate surface area is 118 Å². The summed E-state index contributed by atoms with van der Waals surface area (Å²) < 4.78 is 5.57. The maximum atomic E-state index is 12.2. The molecule has 1 amide bonds. The highest BCUT2D eigenvalue weighted by atomic mass is 79.9. The number of carbonyl (C=O) groups excluding carboxylic acids is 2. The van der Waals surface area contributed by atoms with Crippen molar-refractivity contribution in [1.29, 1.82) is 0 Å². The topological polar surface area (TPSA) is 46.6 Å². The van der Waals surface area contributed by atoms with Gasteiger partial charge in [-0.05, 0) is 34.3 Å². The number of hydrogen-bond donors (Lipinski definition) is 0. The first-order valence-corrected chi connectivity index (χ1v) is 7.06. The molecule has 98 valence electrons. The van der Waals surface area contributed by atoms with Gasteiger partial charge < -0.3 is 9.64 Å². The van der Waals surface area contributed by atoms with Crippen molar-refractivity contribution in [1.82, 2.24) is 4.90 Å². The van der Waals surface area contributed by atoms with Crippen LogP contribution in [-0.4, -0.2) is 36.5 Å². The second kappa shape index (κ2) is 7.33. The largest absolute Gasteiger partial charge is 0.465 e. The lowest BCUT2D eigenvalue weighted by Gasteiger charge is -2.19. The molecule has 18 heavy (non-hydrogen) atoms. The molecular weight excluding hydrogens is 318 g/mol. The minimum absolute atomic E-state index is 0.0664. The molecule has 0 aromatic carbocycles. The number of esters is 1. The van der Waals surface area contributed by atoms with Crippen LogP contribution in [0.4, 0.5) is 0 Å². The smallest absolute Gasteiger partial charge is 0.325 e. The Morgan fingerprint density at radius 2 is 2.33 bits per heavy atom. The minimum atomic E-state index is -0.416. The number of carbonyl (C=O) groups is 2. The Morgan fingerprint density at radius 1 is 1.61 bits per heavy atom. The summed E-state index contributed by atoms with van der Waals surface area (Å²) in [5.74, 6) is -0.620. The molecule has 0 radical (unpaired) electrons. The zero-order valence-electron chi connectivity index (χ0n) is 10.0. The van der Waals surface area contributed by atoms with E-state index in [2.05, 4.69) is 22.5 Å². The summed E-state index contributed by atoms with van der Waals surface area (Å²) in [6.45, 7) is 5.86. The molecule has 1 aromatic rings. The van der Waals surface area contributed by atoms with Crippen molar-refractivity contribution in [2.75, 3.05) is 19.7 Å². The van der Waals surface area contributed by atoms with Crippen LogP contribution in [0.1, 0.15) is 16.6 Å². The Kier molecular flexibility index (Phi) is 6.07. The molecule has 0 N–H and O–H groups in total. The molecular formula is C12H14BrNO3S. The molecule has 0 aliphatic heterocycles. The Balaban J connectivity index is 2.78. The van der Waals surface area contributed by atoms with Gasteiger partial charge in [-0.1, -0.05) is 6.08 Å². The lowest BCUT2D eigenvalue weighted by Crippen LogP contribution is -2.36. The predicted octanol–water partition coefficient (Wildman–Crippen LogP) is 2.70. The maximum Gasteiger partial charge on any atom is 0.325 e. The lowest BCUT2D eigenvalue weighted by molar-refractivity contribution is -0.143. The van der Waals surface area contributed by atoms with Gasteiger partial charge in [-0.15, -0.1) is 17.9 Å². The second-order valence-electron chi connectivity index (χ2n) is 3.38. The molecule has 0 aliphatic carbocycles. The highest BCUT2D eigenvalue weighted by Gasteiger charge is 2.21. The average molecular weight is 332 g/mol. The molecule has 0 saturated heterocycles. The molecule has 0 aliphatic rings. The Morgan fingerprint density at radius 3 is 2.83 bits per heavy atom. The summed E-state index contributed by atoms with van der Waals surface area (Å²) in [4.78, 5) is 25.6. The first-order valence-electron chi connectivity index (χ1n) is 5.39. The van der Waals surface area contributed by atoms with Gasteiger partial charge in [0, 0.05) is 11.0 Å². The summed E-state index contributed by atoms with van der Waals surface area (Å²) in [5, 5.41) is 1.81. The van der Waals surface area contributed by atoms with Crippen molar-refractivity contribution in [3.05, 3.63) is 33.5 Å². The number of hydrogen-bond acceptors (Lipinski definition) is 4. The van der Waals surface area contributed by atoms with Crippen molar-refractivity contribution in [2.24, 2.45) is 0 Å². The van der Waals surface area contributed by atoms with Crippen LogP contribution in [0.2, 0.25) is 0 Å². The molecule has 0 spiro atoms. The van der Waals surface area contributed by atoms with Crippen LogP contribution < -0.4 is 0 Å². The molecule has 1 aromatic heterocycles. The molecule has 0 saturated carbocycles. The molecule has 0 bridgehead atoms. The number of ether oxygens (including phenoxy) is 1. The van der Waals surface area contributed by atoms with E-state index in [9.17, 15) is 9.59 Å². The zero-order valence-corrected chi connectivity index (χ0v) is 12.4. The average Bonchev–Trinajstić information content (AvgIpc) is 2.74. The van der Waals surface area contributed by atoms with Gasteiger partial charge in [0.05, 0.1) is 6.61 Å². The van der Waals surface area contributed by atoms with Crippen LogP contribution in [0.3, 0.4) is 0 Å². The van der Waals surface area contributed by atoms with Crippen molar-refractivity contribution in [3.63, 3.8) is 0 Å². The van der Waals surface area contributed by atoms with Crippen LogP contribution in [0, 0.1) is 0 Å². The van der Waals surface area contributed by atoms with Gasteiger partial charge in [-0.25, -0.2) is 0 Å². The predicted molar refractivity (Wildman–Crippen MR) is 74.8 cm³/mol. The summed E-state index contributed by atoms with van der Waals surface area (Å²) in [6.07, 6.45) is 1.58. The van der Waals surface area contributed by atoms with E-state index in [4.69, 9.17) is 4.74 Å². The second-order valence-corrected chi connectivity index (χ2v) is 5.15. The number of thiophene rings is 1. The van der Waals surface area contributed by atoms with E-state index in [-0.39, 0.29) is 12.5 Å². The highest BCUT2D eigenvalue weighted by Crippen LogP contribution is 2.24. The van der Waals surface area contributed by atoms with Crippen molar-refractivity contribution in [2.45, 2.75) is 6.92 Å². The van der Waals surface area contributed by atoms with Gasteiger partial charge >= 0.3 is 5.97 Å². The first kappa shape index (κ1) is 14.9. The minimum Gasteiger partial charge on any atom is -0.465 e. The fourth-order valence-corrected chi connectivity index (χ4v) is 2.84. The molecule has 0 unspecified atom stereocenters. The van der Waals surface area contributed by atoms with E-state index in [1.54, 1.807) is 19.1 Å². The number of rotatable bonds is 6. The third-order valence-corrected chi connectivity index (χ3v) is 3.90. The molecule has 1 rings (SSSR count). The maximum absolute atomic E-state index is 12.2. The van der Waals surface area contributed by atoms with E-state index in [0.29, 0.717) is 18.0 Å². The van der Waals surface area contributed by atoms with Gasteiger partial charge in [0.15, 0.2) is 0 Å². The first-order chi connectivity index (χ1) is 8.60. The van der Waals surface area contributed by atoms with Gasteiger partial charge in [0.25, 0.3) is 5.91 Å². The molecule has 0 fully saturated rings. The van der Waals surface area contributed by atoms with Crippen molar-refractivity contribution >= 4 is 39.1 Å². The number of halogens is 1. The standard InChI is InChI=1S/C12H14BrNO3S/c1-3-6-14(8-10(15)17-4-2)12(16)11-9(13)5-7-18-11/h3,5,7H,1,4,6,8H2,2H3. The summed E-state index contributed by atoms with van der Waals surface area (Å²) in [5.41, 5.74) is 0. The van der Waals surface area contributed by atoms with E-state index in [1.165, 1.54) is 16.2 Å². The van der Waals surface area contributed by atoms with E-state index in [0.717, 1.165) is 4.47 Å². The third-order valence-electron chi connectivity index (χ3n) is 2.07. The van der Waals surface area contributed by atoms with Crippen LogP contribution in [0.5, 0.6) is 0 Å². The van der Waals surface area contributed by atoms with Gasteiger partial charge in [-0.2, -0.15) is 0 Å². The van der Waals surface area contributed by atoms with Crippen molar-refractivity contribution in [3.8, 4) is 0 Å².